The van der Waals surface area contributed by atoms with Crippen LogP contribution < -0.4 is 0 Å². The summed E-state index contributed by atoms with van der Waals surface area (Å²) in [7, 11) is 1.11. The first kappa shape index (κ1) is 10.4. The molecule has 0 saturated carbocycles. The Morgan fingerprint density at radius 1 is 1.71 bits per heavy atom. The zero-order chi connectivity index (χ0) is 10.6. The number of rotatable bonds is 3. The summed E-state index contributed by atoms with van der Waals surface area (Å²) in [6.45, 7) is 0. The molecule has 0 amide bonds. The van der Waals surface area contributed by atoms with Gasteiger partial charge in [0, 0.05) is 11.0 Å². The Balaban J connectivity index is 2.99. The van der Waals surface area contributed by atoms with Crippen LogP contribution in [0.3, 0.4) is 0 Å². The highest BCUT2D eigenvalue weighted by atomic mass is 32.1. The first-order valence-electron chi connectivity index (χ1n) is 3.63. The zero-order valence-corrected chi connectivity index (χ0v) is 8.11. The van der Waals surface area contributed by atoms with Crippen LogP contribution in [0.1, 0.15) is 4.88 Å². The van der Waals surface area contributed by atoms with Gasteiger partial charge in [-0.2, -0.15) is 0 Å². The van der Waals surface area contributed by atoms with Gasteiger partial charge in [0.25, 0.3) is 0 Å². The smallest absolute Gasteiger partial charge is 0.409 e. The van der Waals surface area contributed by atoms with Crippen molar-refractivity contribution in [1.82, 2.24) is 0 Å². The summed E-state index contributed by atoms with van der Waals surface area (Å²) in [5.74, 6) is -0.941. The maximum Gasteiger partial charge on any atom is 0.409 e. The third kappa shape index (κ3) is 2.40. The van der Waals surface area contributed by atoms with Crippen molar-refractivity contribution in [3.8, 4) is 0 Å². The Morgan fingerprint density at radius 2 is 2.43 bits per heavy atom. The number of thiophene rings is 1. The van der Waals surface area contributed by atoms with Crippen molar-refractivity contribution >= 4 is 23.4 Å². The molecule has 0 unspecified atom stereocenters. The third-order valence-electron chi connectivity index (χ3n) is 1.41. The molecule has 0 fully saturated rings. The quantitative estimate of drug-likeness (QED) is 0.330. The van der Waals surface area contributed by atoms with E-state index in [-0.39, 0.29) is 0 Å². The predicted octanol–water partition coefficient (Wildman–Crippen LogP) is 1.54. The van der Waals surface area contributed by atoms with E-state index in [4.69, 9.17) is 0 Å². The number of ether oxygens (including phenoxy) is 1. The monoisotopic (exact) mass is 213 g/mol. The molecule has 1 aromatic rings. The SMILES string of the molecule is COC(=O)/C(=C/c1cccs1)[N+](=O)[O-]. The summed E-state index contributed by atoms with van der Waals surface area (Å²) in [5.41, 5.74) is -0.560. The Hall–Kier alpha value is -1.69. The summed E-state index contributed by atoms with van der Waals surface area (Å²) in [5, 5.41) is 12.2. The summed E-state index contributed by atoms with van der Waals surface area (Å²) in [6.07, 6.45) is 1.19. The molecule has 0 aliphatic rings. The van der Waals surface area contributed by atoms with E-state index in [1.807, 2.05) is 0 Å². The lowest BCUT2D eigenvalue weighted by molar-refractivity contribution is -0.419. The van der Waals surface area contributed by atoms with Crippen LogP contribution in [0.2, 0.25) is 0 Å². The first-order chi connectivity index (χ1) is 6.65. The largest absolute Gasteiger partial charge is 0.461 e. The normalized spacial score (nSPS) is 11.1. The predicted molar refractivity (Wildman–Crippen MR) is 51.3 cm³/mol. The molecule has 5 nitrogen and oxygen atoms in total. The van der Waals surface area contributed by atoms with Gasteiger partial charge in [-0.1, -0.05) is 6.07 Å². The maximum absolute atomic E-state index is 11.0. The number of methoxy groups -OCH3 is 1. The lowest BCUT2D eigenvalue weighted by Gasteiger charge is -1.94. The topological polar surface area (TPSA) is 69.4 Å². The molecule has 74 valence electrons. The Kier molecular flexibility index (Phi) is 3.35. The Morgan fingerprint density at radius 3 is 2.86 bits per heavy atom. The minimum Gasteiger partial charge on any atom is -0.461 e. The third-order valence-corrected chi connectivity index (χ3v) is 2.23. The summed E-state index contributed by atoms with van der Waals surface area (Å²) >= 11 is 1.31. The van der Waals surface area contributed by atoms with E-state index in [0.717, 1.165) is 7.11 Å². The van der Waals surface area contributed by atoms with Gasteiger partial charge in [0.15, 0.2) is 0 Å². The standard InChI is InChI=1S/C8H7NO4S/c1-13-8(10)7(9(11)12)5-6-3-2-4-14-6/h2-5H,1H3/b7-5-. The molecule has 0 spiro atoms. The fourth-order valence-electron chi connectivity index (χ4n) is 0.799. The second-order valence-corrected chi connectivity index (χ2v) is 3.27. The van der Waals surface area contributed by atoms with Crippen LogP contribution in [0.4, 0.5) is 0 Å². The Labute approximate surface area is 83.8 Å². The lowest BCUT2D eigenvalue weighted by atomic mass is 10.3. The van der Waals surface area contributed by atoms with Gasteiger partial charge in [-0.05, 0) is 11.4 Å². The van der Waals surface area contributed by atoms with Crippen LogP contribution in [0.5, 0.6) is 0 Å². The zero-order valence-electron chi connectivity index (χ0n) is 7.30. The van der Waals surface area contributed by atoms with Crippen LogP contribution in [0.25, 0.3) is 6.08 Å². The van der Waals surface area contributed by atoms with Gasteiger partial charge in [-0.15, -0.1) is 11.3 Å². The van der Waals surface area contributed by atoms with Crippen molar-refractivity contribution in [3.63, 3.8) is 0 Å². The number of nitro groups is 1. The fraction of sp³-hybridized carbons (Fsp3) is 0.125. The Bertz CT molecular complexity index is 369. The van der Waals surface area contributed by atoms with E-state index in [1.54, 1.807) is 17.5 Å². The van der Waals surface area contributed by atoms with Crippen LogP contribution in [-0.4, -0.2) is 18.0 Å². The van der Waals surface area contributed by atoms with Gasteiger partial charge >= 0.3 is 11.7 Å². The molecule has 1 heterocycles. The molecule has 0 N–H and O–H groups in total. The van der Waals surface area contributed by atoms with Gasteiger partial charge < -0.3 is 4.74 Å². The van der Waals surface area contributed by atoms with Crippen LogP contribution in [0.15, 0.2) is 23.2 Å². The molecular formula is C8H7NO4S. The molecule has 1 aromatic heterocycles. The van der Waals surface area contributed by atoms with E-state index in [2.05, 4.69) is 4.74 Å². The average molecular weight is 213 g/mol. The van der Waals surface area contributed by atoms with Crippen LogP contribution >= 0.6 is 11.3 Å². The van der Waals surface area contributed by atoms with Crippen molar-refractivity contribution in [2.24, 2.45) is 0 Å². The van der Waals surface area contributed by atoms with Crippen molar-refractivity contribution in [3.05, 3.63) is 38.2 Å². The second-order valence-electron chi connectivity index (χ2n) is 2.29. The van der Waals surface area contributed by atoms with E-state index in [9.17, 15) is 14.9 Å². The van der Waals surface area contributed by atoms with Gasteiger partial charge in [0.1, 0.15) is 0 Å². The summed E-state index contributed by atoms with van der Waals surface area (Å²) in [6, 6.07) is 3.42. The van der Waals surface area contributed by atoms with E-state index >= 15 is 0 Å². The summed E-state index contributed by atoms with van der Waals surface area (Å²) < 4.78 is 4.28. The average Bonchev–Trinajstić information content (AvgIpc) is 2.65. The minimum atomic E-state index is -0.941. The number of nitrogens with zero attached hydrogens (tertiary/aromatic N) is 1. The lowest BCUT2D eigenvalue weighted by Crippen LogP contribution is -2.12. The molecule has 0 bridgehead atoms. The second kappa shape index (κ2) is 4.52. The number of esters is 1. The van der Waals surface area contributed by atoms with Crippen molar-refractivity contribution in [1.29, 1.82) is 0 Å². The van der Waals surface area contributed by atoms with Crippen LogP contribution in [0, 0.1) is 10.1 Å². The molecular weight excluding hydrogens is 206 g/mol. The van der Waals surface area contributed by atoms with E-state index in [0.29, 0.717) is 4.88 Å². The van der Waals surface area contributed by atoms with Crippen molar-refractivity contribution < 1.29 is 14.5 Å². The van der Waals surface area contributed by atoms with Gasteiger partial charge in [0.2, 0.25) is 0 Å². The number of carbonyl (C=O) groups excluding carboxylic acids is 1. The molecule has 0 atom stereocenters. The molecule has 0 radical (unpaired) electrons. The molecule has 0 aliphatic carbocycles. The molecule has 1 rings (SSSR count). The van der Waals surface area contributed by atoms with Crippen molar-refractivity contribution in [2.75, 3.05) is 7.11 Å². The highest BCUT2D eigenvalue weighted by Crippen LogP contribution is 2.14. The van der Waals surface area contributed by atoms with Gasteiger partial charge in [-0.3, -0.25) is 10.1 Å². The van der Waals surface area contributed by atoms with Crippen molar-refractivity contribution in [2.45, 2.75) is 0 Å². The van der Waals surface area contributed by atoms with E-state index < -0.39 is 16.6 Å². The highest BCUT2D eigenvalue weighted by Gasteiger charge is 2.22. The molecule has 0 saturated heterocycles. The number of hydrogen-bond acceptors (Lipinski definition) is 5. The molecule has 0 aromatic carbocycles. The van der Waals surface area contributed by atoms with Gasteiger partial charge in [0.05, 0.1) is 12.0 Å². The fourth-order valence-corrected chi connectivity index (χ4v) is 1.45. The molecule has 6 heteroatoms. The first-order valence-corrected chi connectivity index (χ1v) is 4.51. The van der Waals surface area contributed by atoms with E-state index in [1.165, 1.54) is 17.4 Å². The highest BCUT2D eigenvalue weighted by molar-refractivity contribution is 7.10. The maximum atomic E-state index is 11.0. The van der Waals surface area contributed by atoms with Crippen LogP contribution in [-0.2, 0) is 9.53 Å². The number of carbonyl (C=O) groups is 1. The van der Waals surface area contributed by atoms with Gasteiger partial charge in [-0.25, -0.2) is 4.79 Å². The minimum absolute atomic E-state index is 0.560. The molecule has 0 aliphatic heterocycles. The number of hydrogen-bond donors (Lipinski definition) is 0. The summed E-state index contributed by atoms with van der Waals surface area (Å²) in [4.78, 5) is 21.3. The molecule has 14 heavy (non-hydrogen) atoms.